The first-order valence-electron chi connectivity index (χ1n) is 7.62. The topological polar surface area (TPSA) is 59.6 Å². The van der Waals surface area contributed by atoms with Crippen molar-refractivity contribution < 1.29 is 14.3 Å². The quantitative estimate of drug-likeness (QED) is 0.726. The number of para-hydroxylation sites is 2. The largest absolute Gasteiger partial charge is 0.497 e. The van der Waals surface area contributed by atoms with E-state index in [2.05, 4.69) is 17.2 Å². The van der Waals surface area contributed by atoms with Gasteiger partial charge in [-0.2, -0.15) is 0 Å². The smallest absolute Gasteiger partial charge is 0.243 e. The Morgan fingerprint density at radius 1 is 1.17 bits per heavy atom. The van der Waals surface area contributed by atoms with Crippen LogP contribution in [0.15, 0.2) is 60.7 Å². The summed E-state index contributed by atoms with van der Waals surface area (Å²) in [5.74, 6) is 1.23. The maximum atomic E-state index is 12.1. The average Bonchev–Trinajstić information content (AvgIpc) is 2.59. The molecule has 2 N–H and O–H groups in total. The number of hydrogen-bond donors (Lipinski definition) is 2. The first kappa shape index (κ1) is 17.4. The minimum absolute atomic E-state index is 0.130. The molecule has 0 atom stereocenters. The number of rotatable bonds is 8. The van der Waals surface area contributed by atoms with Crippen LogP contribution in [0.5, 0.6) is 11.5 Å². The monoisotopic (exact) mass is 326 g/mol. The third-order valence-corrected chi connectivity index (χ3v) is 3.15. The van der Waals surface area contributed by atoms with Crippen LogP contribution in [0.3, 0.4) is 0 Å². The highest BCUT2D eigenvalue weighted by Gasteiger charge is 2.07. The SMILES string of the molecule is C=C(C)COc1ccccc1NCC(=O)Nc1cccc(OC)c1. The molecule has 0 aliphatic rings. The van der Waals surface area contributed by atoms with E-state index in [1.165, 1.54) is 0 Å². The highest BCUT2D eigenvalue weighted by molar-refractivity contribution is 5.94. The minimum Gasteiger partial charge on any atom is -0.497 e. The van der Waals surface area contributed by atoms with Gasteiger partial charge in [0.25, 0.3) is 0 Å². The number of carbonyl (C=O) groups is 1. The van der Waals surface area contributed by atoms with Crippen LogP contribution in [0.25, 0.3) is 0 Å². The van der Waals surface area contributed by atoms with Crippen molar-refractivity contribution >= 4 is 17.3 Å². The Balaban J connectivity index is 1.92. The van der Waals surface area contributed by atoms with Crippen LogP contribution in [0.4, 0.5) is 11.4 Å². The van der Waals surface area contributed by atoms with Crippen LogP contribution in [0.2, 0.25) is 0 Å². The Labute approximate surface area is 142 Å². The lowest BCUT2D eigenvalue weighted by Gasteiger charge is -2.13. The second-order valence-corrected chi connectivity index (χ2v) is 5.38. The molecular weight excluding hydrogens is 304 g/mol. The Hall–Kier alpha value is -2.95. The maximum Gasteiger partial charge on any atom is 0.243 e. The van der Waals surface area contributed by atoms with Gasteiger partial charge in [0, 0.05) is 11.8 Å². The standard InChI is InChI=1S/C19H22N2O3/c1-14(2)13-24-18-10-5-4-9-17(18)20-12-19(22)21-15-7-6-8-16(11-15)23-3/h4-11,20H,1,12-13H2,2-3H3,(H,21,22). The normalized spacial score (nSPS) is 9.92. The zero-order valence-corrected chi connectivity index (χ0v) is 14.0. The molecule has 0 heterocycles. The highest BCUT2D eigenvalue weighted by atomic mass is 16.5. The van der Waals surface area contributed by atoms with E-state index in [4.69, 9.17) is 9.47 Å². The van der Waals surface area contributed by atoms with E-state index >= 15 is 0 Å². The number of nitrogens with one attached hydrogen (secondary N) is 2. The summed E-state index contributed by atoms with van der Waals surface area (Å²) in [6.07, 6.45) is 0. The molecule has 2 aromatic rings. The Morgan fingerprint density at radius 2 is 1.96 bits per heavy atom. The predicted molar refractivity (Wildman–Crippen MR) is 96.9 cm³/mol. The van der Waals surface area contributed by atoms with Gasteiger partial charge in [0.05, 0.1) is 19.3 Å². The molecule has 0 bridgehead atoms. The third kappa shape index (κ3) is 5.35. The summed E-state index contributed by atoms with van der Waals surface area (Å²) in [5.41, 5.74) is 2.38. The van der Waals surface area contributed by atoms with Crippen molar-refractivity contribution in [3.05, 3.63) is 60.7 Å². The molecule has 5 nitrogen and oxygen atoms in total. The summed E-state index contributed by atoms with van der Waals surface area (Å²) in [5, 5.41) is 5.91. The zero-order chi connectivity index (χ0) is 17.4. The first-order valence-corrected chi connectivity index (χ1v) is 7.62. The van der Waals surface area contributed by atoms with Crippen molar-refractivity contribution in [3.8, 4) is 11.5 Å². The highest BCUT2D eigenvalue weighted by Crippen LogP contribution is 2.24. The van der Waals surface area contributed by atoms with Crippen molar-refractivity contribution in [2.45, 2.75) is 6.92 Å². The van der Waals surface area contributed by atoms with Gasteiger partial charge >= 0.3 is 0 Å². The van der Waals surface area contributed by atoms with Gasteiger partial charge in [-0.1, -0.05) is 24.8 Å². The van der Waals surface area contributed by atoms with Crippen LogP contribution in [-0.4, -0.2) is 26.2 Å². The Morgan fingerprint density at radius 3 is 2.71 bits per heavy atom. The molecule has 126 valence electrons. The van der Waals surface area contributed by atoms with Crippen LogP contribution >= 0.6 is 0 Å². The van der Waals surface area contributed by atoms with E-state index in [1.807, 2.05) is 49.4 Å². The number of hydrogen-bond acceptors (Lipinski definition) is 4. The lowest BCUT2D eigenvalue weighted by Crippen LogP contribution is -2.22. The second kappa shape index (κ2) is 8.62. The van der Waals surface area contributed by atoms with Gasteiger partial charge in [-0.3, -0.25) is 4.79 Å². The summed E-state index contributed by atoms with van der Waals surface area (Å²) in [6.45, 7) is 6.28. The minimum atomic E-state index is -0.155. The molecular formula is C19H22N2O3. The lowest BCUT2D eigenvalue weighted by atomic mass is 10.2. The fourth-order valence-corrected chi connectivity index (χ4v) is 2.02. The molecule has 0 radical (unpaired) electrons. The van der Waals surface area contributed by atoms with Gasteiger partial charge in [-0.05, 0) is 36.8 Å². The number of amides is 1. The number of ether oxygens (including phenoxy) is 2. The fourth-order valence-electron chi connectivity index (χ4n) is 2.02. The fraction of sp³-hybridized carbons (Fsp3) is 0.211. The summed E-state index contributed by atoms with van der Waals surface area (Å²) in [4.78, 5) is 12.1. The number of benzene rings is 2. The summed E-state index contributed by atoms with van der Waals surface area (Å²) in [6, 6.07) is 14.7. The molecule has 0 saturated carbocycles. The van der Waals surface area contributed by atoms with Crippen molar-refractivity contribution in [3.63, 3.8) is 0 Å². The van der Waals surface area contributed by atoms with Gasteiger partial charge in [0.15, 0.2) is 0 Å². The van der Waals surface area contributed by atoms with Crippen LogP contribution in [0.1, 0.15) is 6.92 Å². The van der Waals surface area contributed by atoms with Gasteiger partial charge < -0.3 is 20.1 Å². The van der Waals surface area contributed by atoms with E-state index in [1.54, 1.807) is 13.2 Å². The van der Waals surface area contributed by atoms with Crippen molar-refractivity contribution in [1.82, 2.24) is 0 Å². The van der Waals surface area contributed by atoms with Crippen molar-refractivity contribution in [2.24, 2.45) is 0 Å². The third-order valence-electron chi connectivity index (χ3n) is 3.15. The van der Waals surface area contributed by atoms with E-state index in [0.717, 1.165) is 11.3 Å². The first-order chi connectivity index (χ1) is 11.6. The second-order valence-electron chi connectivity index (χ2n) is 5.38. The average molecular weight is 326 g/mol. The predicted octanol–water partition coefficient (Wildman–Crippen LogP) is 3.70. The molecule has 24 heavy (non-hydrogen) atoms. The molecule has 0 aliphatic carbocycles. The molecule has 0 saturated heterocycles. The molecule has 0 fully saturated rings. The van der Waals surface area contributed by atoms with Crippen LogP contribution < -0.4 is 20.1 Å². The summed E-state index contributed by atoms with van der Waals surface area (Å²) in [7, 11) is 1.59. The van der Waals surface area contributed by atoms with Crippen molar-refractivity contribution in [1.29, 1.82) is 0 Å². The molecule has 0 unspecified atom stereocenters. The molecule has 1 amide bonds. The zero-order valence-electron chi connectivity index (χ0n) is 14.0. The molecule has 0 aromatic heterocycles. The molecule has 2 rings (SSSR count). The number of methoxy groups -OCH3 is 1. The molecule has 0 aliphatic heterocycles. The Kier molecular flexibility index (Phi) is 6.25. The van der Waals surface area contributed by atoms with Crippen molar-refractivity contribution in [2.75, 3.05) is 30.9 Å². The number of anilines is 2. The van der Waals surface area contributed by atoms with Gasteiger partial charge in [-0.15, -0.1) is 0 Å². The number of carbonyl (C=O) groups excluding carboxylic acids is 1. The van der Waals surface area contributed by atoms with Crippen LogP contribution in [0, 0.1) is 0 Å². The molecule has 2 aromatic carbocycles. The van der Waals surface area contributed by atoms with E-state index in [9.17, 15) is 4.79 Å². The van der Waals surface area contributed by atoms with Crippen LogP contribution in [-0.2, 0) is 4.79 Å². The summed E-state index contributed by atoms with van der Waals surface area (Å²) < 4.78 is 10.8. The van der Waals surface area contributed by atoms with E-state index < -0.39 is 0 Å². The van der Waals surface area contributed by atoms with Gasteiger partial charge in [0.2, 0.25) is 5.91 Å². The van der Waals surface area contributed by atoms with E-state index in [0.29, 0.717) is 23.8 Å². The Bertz CT molecular complexity index is 713. The molecule has 0 spiro atoms. The van der Waals surface area contributed by atoms with Gasteiger partial charge in [0.1, 0.15) is 18.1 Å². The summed E-state index contributed by atoms with van der Waals surface area (Å²) >= 11 is 0. The molecule has 5 heteroatoms. The van der Waals surface area contributed by atoms with Gasteiger partial charge in [-0.25, -0.2) is 0 Å². The lowest BCUT2D eigenvalue weighted by molar-refractivity contribution is -0.114. The van der Waals surface area contributed by atoms with E-state index in [-0.39, 0.29) is 12.5 Å². The maximum absolute atomic E-state index is 12.1.